The lowest BCUT2D eigenvalue weighted by atomic mass is 9.55. The van der Waals surface area contributed by atoms with E-state index in [2.05, 4.69) is 15.9 Å². The van der Waals surface area contributed by atoms with E-state index in [1.54, 1.807) is 14.2 Å². The SMILES string of the molecule is CO[C@H]1C=C[C@@H](OC)[C@@H]2[C@H]1[C@@H]1C=C[C@@]2(Br)[C@@H](O)[C@H]1O. The van der Waals surface area contributed by atoms with Crippen molar-refractivity contribution < 1.29 is 19.7 Å². The molecule has 2 N–H and O–H groups in total. The van der Waals surface area contributed by atoms with Crippen LogP contribution in [0, 0.1) is 17.8 Å². The summed E-state index contributed by atoms with van der Waals surface area (Å²) in [6, 6.07) is 0. The topological polar surface area (TPSA) is 58.9 Å². The highest BCUT2D eigenvalue weighted by atomic mass is 79.9. The summed E-state index contributed by atoms with van der Waals surface area (Å²) in [6.45, 7) is 0. The van der Waals surface area contributed by atoms with Crippen molar-refractivity contribution in [1.82, 2.24) is 0 Å². The Labute approximate surface area is 121 Å². The van der Waals surface area contributed by atoms with Gasteiger partial charge in [0.25, 0.3) is 0 Å². The summed E-state index contributed by atoms with van der Waals surface area (Å²) in [5.74, 6) is 0.0375. The second-order valence-electron chi connectivity index (χ2n) is 5.59. The van der Waals surface area contributed by atoms with Gasteiger partial charge in [-0.25, -0.2) is 0 Å². The zero-order chi connectivity index (χ0) is 13.8. The minimum absolute atomic E-state index is 0.0425. The van der Waals surface area contributed by atoms with Gasteiger partial charge in [0.05, 0.1) is 28.7 Å². The zero-order valence-corrected chi connectivity index (χ0v) is 12.5. The van der Waals surface area contributed by atoms with E-state index in [-0.39, 0.29) is 30.0 Å². The van der Waals surface area contributed by atoms with E-state index in [4.69, 9.17) is 9.47 Å². The highest BCUT2D eigenvalue weighted by molar-refractivity contribution is 9.10. The van der Waals surface area contributed by atoms with Gasteiger partial charge in [-0.15, -0.1) is 0 Å². The van der Waals surface area contributed by atoms with Gasteiger partial charge < -0.3 is 19.7 Å². The molecule has 2 bridgehead atoms. The Bertz CT molecular complexity index is 424. The minimum atomic E-state index is -0.828. The number of aliphatic hydroxyl groups is 2. The number of hydrogen-bond acceptors (Lipinski definition) is 4. The van der Waals surface area contributed by atoms with E-state index in [0.29, 0.717) is 0 Å². The molecule has 0 aromatic carbocycles. The summed E-state index contributed by atoms with van der Waals surface area (Å²) >= 11 is 3.65. The molecule has 5 heteroatoms. The molecule has 4 aliphatic rings. The van der Waals surface area contributed by atoms with Crippen LogP contribution in [0.15, 0.2) is 24.3 Å². The molecule has 0 unspecified atom stereocenters. The number of halogens is 1. The molecule has 0 aromatic heterocycles. The van der Waals surface area contributed by atoms with Crippen LogP contribution in [0.5, 0.6) is 0 Å². The number of hydrogen-bond donors (Lipinski definition) is 2. The number of methoxy groups -OCH3 is 2. The van der Waals surface area contributed by atoms with Gasteiger partial charge in [0.2, 0.25) is 0 Å². The molecule has 106 valence electrons. The first-order valence-electron chi connectivity index (χ1n) is 6.53. The Hall–Kier alpha value is -0.200. The van der Waals surface area contributed by atoms with E-state index in [9.17, 15) is 10.2 Å². The van der Waals surface area contributed by atoms with Crippen molar-refractivity contribution in [3.05, 3.63) is 24.3 Å². The van der Waals surface area contributed by atoms with Crippen LogP contribution in [0.25, 0.3) is 0 Å². The predicted octanol–water partition coefficient (Wildman–Crippen LogP) is 0.874. The lowest BCUT2D eigenvalue weighted by Gasteiger charge is -2.58. The Morgan fingerprint density at radius 3 is 2.32 bits per heavy atom. The van der Waals surface area contributed by atoms with Gasteiger partial charge in [-0.3, -0.25) is 0 Å². The molecule has 0 saturated heterocycles. The maximum atomic E-state index is 10.4. The van der Waals surface area contributed by atoms with Crippen molar-refractivity contribution >= 4 is 15.9 Å². The largest absolute Gasteiger partial charge is 0.390 e. The van der Waals surface area contributed by atoms with E-state index in [1.807, 2.05) is 24.3 Å². The molecule has 4 rings (SSSR count). The third-order valence-corrected chi connectivity index (χ3v) is 6.15. The Balaban J connectivity index is 2.09. The molecule has 8 atom stereocenters. The molecule has 4 aliphatic carbocycles. The number of fused-ring (bicyclic) bond motifs is 1. The monoisotopic (exact) mass is 330 g/mol. The van der Waals surface area contributed by atoms with Crippen LogP contribution in [0.3, 0.4) is 0 Å². The third-order valence-electron chi connectivity index (χ3n) is 4.88. The average Bonchev–Trinajstić information content (AvgIpc) is 2.43. The first-order valence-corrected chi connectivity index (χ1v) is 7.32. The zero-order valence-electron chi connectivity index (χ0n) is 10.9. The van der Waals surface area contributed by atoms with Crippen molar-refractivity contribution in [3.8, 4) is 0 Å². The molecule has 0 radical (unpaired) electrons. The minimum Gasteiger partial charge on any atom is -0.390 e. The van der Waals surface area contributed by atoms with E-state index >= 15 is 0 Å². The second-order valence-corrected chi connectivity index (χ2v) is 6.96. The summed E-state index contributed by atoms with van der Waals surface area (Å²) < 4.78 is 10.4. The van der Waals surface area contributed by atoms with Crippen molar-refractivity contribution in [3.63, 3.8) is 0 Å². The van der Waals surface area contributed by atoms with E-state index in [1.165, 1.54) is 0 Å². The van der Waals surface area contributed by atoms with Gasteiger partial charge in [-0.2, -0.15) is 0 Å². The molecular formula is C14H19BrO4. The fourth-order valence-corrected chi connectivity index (χ4v) is 4.95. The fraction of sp³-hybridized carbons (Fsp3) is 0.714. The van der Waals surface area contributed by atoms with Crippen LogP contribution in [0.2, 0.25) is 0 Å². The number of aliphatic hydroxyl groups excluding tert-OH is 2. The van der Waals surface area contributed by atoms with Crippen molar-refractivity contribution in [2.24, 2.45) is 17.8 Å². The summed E-state index contributed by atoms with van der Waals surface area (Å²) in [7, 11) is 3.35. The maximum absolute atomic E-state index is 10.4. The first-order chi connectivity index (χ1) is 9.04. The van der Waals surface area contributed by atoms with Gasteiger partial charge in [-0.1, -0.05) is 40.2 Å². The Morgan fingerprint density at radius 1 is 1.05 bits per heavy atom. The molecule has 1 saturated carbocycles. The van der Waals surface area contributed by atoms with Crippen LogP contribution >= 0.6 is 15.9 Å². The molecule has 0 spiro atoms. The first kappa shape index (κ1) is 13.8. The number of alkyl halides is 1. The highest BCUT2D eigenvalue weighted by Crippen LogP contribution is 2.56. The van der Waals surface area contributed by atoms with Gasteiger partial charge >= 0.3 is 0 Å². The summed E-state index contributed by atoms with van der Waals surface area (Å²) in [5, 5.41) is 20.7. The van der Waals surface area contributed by atoms with Gasteiger partial charge in [-0.05, 0) is 0 Å². The highest BCUT2D eigenvalue weighted by Gasteiger charge is 2.63. The summed E-state index contributed by atoms with van der Waals surface area (Å²) in [5.41, 5.74) is 0. The maximum Gasteiger partial charge on any atom is 0.0996 e. The van der Waals surface area contributed by atoms with Crippen molar-refractivity contribution in [2.75, 3.05) is 14.2 Å². The normalized spacial score (nSPS) is 55.3. The molecule has 0 aromatic rings. The molecule has 0 amide bonds. The van der Waals surface area contributed by atoms with Crippen LogP contribution in [-0.2, 0) is 9.47 Å². The van der Waals surface area contributed by atoms with Crippen molar-refractivity contribution in [1.29, 1.82) is 0 Å². The molecule has 19 heavy (non-hydrogen) atoms. The Morgan fingerprint density at radius 2 is 1.68 bits per heavy atom. The average molecular weight is 331 g/mol. The summed E-state index contributed by atoms with van der Waals surface area (Å²) in [6.07, 6.45) is 6.19. The standard InChI is InChI=1S/C14H19BrO4/c1-18-8-3-4-9(19-2)11-10(8)7-5-6-14(11,15)13(17)12(7)16/h3-13,16-17H,1-2H3/t7-,8-,9+,10-,11+,12-,13-,14-/m0/s1. The summed E-state index contributed by atoms with van der Waals surface area (Å²) in [4.78, 5) is 0. The molecule has 0 aliphatic heterocycles. The smallest absolute Gasteiger partial charge is 0.0996 e. The van der Waals surface area contributed by atoms with E-state index in [0.717, 1.165) is 0 Å². The van der Waals surface area contributed by atoms with Gasteiger partial charge in [0, 0.05) is 32.0 Å². The third kappa shape index (κ3) is 1.72. The quantitative estimate of drug-likeness (QED) is 0.582. The number of rotatable bonds is 2. The van der Waals surface area contributed by atoms with Crippen molar-refractivity contribution in [2.45, 2.75) is 28.7 Å². The molecular weight excluding hydrogens is 312 g/mol. The molecule has 1 fully saturated rings. The Kier molecular flexibility index (Phi) is 3.38. The number of ether oxygens (including phenoxy) is 2. The van der Waals surface area contributed by atoms with E-state index < -0.39 is 16.5 Å². The second kappa shape index (κ2) is 4.67. The van der Waals surface area contributed by atoms with Crippen LogP contribution in [0.4, 0.5) is 0 Å². The predicted molar refractivity (Wildman–Crippen MR) is 74.0 cm³/mol. The lowest BCUT2D eigenvalue weighted by molar-refractivity contribution is -0.145. The molecule has 0 heterocycles. The molecule has 4 nitrogen and oxygen atoms in total. The van der Waals surface area contributed by atoms with Crippen LogP contribution < -0.4 is 0 Å². The van der Waals surface area contributed by atoms with Crippen LogP contribution in [0.1, 0.15) is 0 Å². The van der Waals surface area contributed by atoms with Gasteiger partial charge in [0.15, 0.2) is 0 Å². The van der Waals surface area contributed by atoms with Gasteiger partial charge in [0.1, 0.15) is 0 Å². The fourth-order valence-electron chi connectivity index (χ4n) is 3.96. The lowest BCUT2D eigenvalue weighted by Crippen LogP contribution is -2.67. The van der Waals surface area contributed by atoms with Crippen LogP contribution in [-0.4, -0.2) is 53.2 Å².